The Morgan fingerprint density at radius 3 is 2.68 bits per heavy atom. The van der Waals surface area contributed by atoms with E-state index >= 15 is 0 Å². The van der Waals surface area contributed by atoms with Crippen LogP contribution in [0.15, 0.2) is 23.2 Å². The van der Waals surface area contributed by atoms with Gasteiger partial charge in [0.25, 0.3) is 0 Å². The molecule has 1 heterocycles. The van der Waals surface area contributed by atoms with Crippen LogP contribution in [-0.2, 0) is 9.47 Å². The van der Waals surface area contributed by atoms with Crippen molar-refractivity contribution in [3.05, 3.63) is 28.2 Å². The number of rotatable bonds is 10. The highest BCUT2D eigenvalue weighted by Crippen LogP contribution is 2.31. The minimum atomic E-state index is 0. The van der Waals surface area contributed by atoms with Gasteiger partial charge >= 0.3 is 0 Å². The van der Waals surface area contributed by atoms with Gasteiger partial charge in [0, 0.05) is 40.0 Å². The molecule has 0 spiro atoms. The molecule has 1 aliphatic rings. The lowest BCUT2D eigenvalue weighted by Gasteiger charge is -2.21. The summed E-state index contributed by atoms with van der Waals surface area (Å²) in [5.41, 5.74) is 0. The van der Waals surface area contributed by atoms with Gasteiger partial charge in [-0.1, -0.05) is 29.3 Å². The Morgan fingerprint density at radius 2 is 1.93 bits per heavy atom. The summed E-state index contributed by atoms with van der Waals surface area (Å²) in [5, 5.41) is 7.38. The summed E-state index contributed by atoms with van der Waals surface area (Å²) in [5.74, 6) is 1.96. The van der Waals surface area contributed by atoms with Crippen molar-refractivity contribution in [3.63, 3.8) is 0 Å². The standard InChI is InChI=1S/C19H29Cl2N3O3.HI/c1-22-19(23-8-3-10-26-14-15-6-11-25-12-7-15)24-9-13-27-17-5-2-4-16(20)18(17)21;/h2,4-5,15H,3,6-14H2,1H3,(H2,22,23,24);1H. The van der Waals surface area contributed by atoms with Crippen LogP contribution in [0.5, 0.6) is 5.75 Å². The average Bonchev–Trinajstić information content (AvgIpc) is 2.70. The van der Waals surface area contributed by atoms with Crippen LogP contribution in [0.25, 0.3) is 0 Å². The van der Waals surface area contributed by atoms with Crippen molar-refractivity contribution in [2.75, 3.05) is 53.2 Å². The Balaban J connectivity index is 0.00000392. The summed E-state index contributed by atoms with van der Waals surface area (Å²) in [6.45, 7) is 5.17. The molecule has 9 heteroatoms. The SMILES string of the molecule is CN=C(NCCCOCC1CCOCC1)NCCOc1cccc(Cl)c1Cl.I. The second kappa shape index (κ2) is 15.4. The van der Waals surface area contributed by atoms with E-state index in [2.05, 4.69) is 15.6 Å². The van der Waals surface area contributed by atoms with Crippen molar-refractivity contribution < 1.29 is 14.2 Å². The summed E-state index contributed by atoms with van der Waals surface area (Å²) in [6, 6.07) is 5.33. The van der Waals surface area contributed by atoms with E-state index in [1.54, 1.807) is 19.2 Å². The van der Waals surface area contributed by atoms with Gasteiger partial charge in [-0.2, -0.15) is 0 Å². The minimum absolute atomic E-state index is 0. The highest BCUT2D eigenvalue weighted by atomic mass is 127. The Kier molecular flexibility index (Phi) is 14.0. The number of hydrogen-bond donors (Lipinski definition) is 2. The molecule has 0 saturated carbocycles. The Morgan fingerprint density at radius 1 is 1.18 bits per heavy atom. The van der Waals surface area contributed by atoms with E-state index in [4.69, 9.17) is 37.4 Å². The summed E-state index contributed by atoms with van der Waals surface area (Å²) in [4.78, 5) is 4.19. The molecule has 1 saturated heterocycles. The molecule has 28 heavy (non-hydrogen) atoms. The maximum Gasteiger partial charge on any atom is 0.191 e. The Labute approximate surface area is 194 Å². The first kappa shape index (κ1) is 25.6. The van der Waals surface area contributed by atoms with Crippen LogP contribution in [0.3, 0.4) is 0 Å². The monoisotopic (exact) mass is 545 g/mol. The highest BCUT2D eigenvalue weighted by Gasteiger charge is 2.13. The van der Waals surface area contributed by atoms with E-state index in [0.29, 0.717) is 34.9 Å². The Bertz CT molecular complexity index is 588. The third-order valence-electron chi connectivity index (χ3n) is 4.24. The van der Waals surface area contributed by atoms with Crippen molar-refractivity contribution in [2.45, 2.75) is 19.3 Å². The van der Waals surface area contributed by atoms with E-state index in [-0.39, 0.29) is 24.0 Å². The van der Waals surface area contributed by atoms with Crippen molar-refractivity contribution in [2.24, 2.45) is 10.9 Å². The number of hydrogen-bond acceptors (Lipinski definition) is 4. The number of benzene rings is 1. The molecule has 0 aromatic heterocycles. The molecule has 0 aliphatic carbocycles. The number of guanidine groups is 1. The predicted molar refractivity (Wildman–Crippen MR) is 126 cm³/mol. The van der Waals surface area contributed by atoms with E-state index in [9.17, 15) is 0 Å². The molecule has 0 atom stereocenters. The normalized spacial score (nSPS) is 15.0. The molecule has 2 N–H and O–H groups in total. The van der Waals surface area contributed by atoms with Crippen LogP contribution in [0.4, 0.5) is 0 Å². The van der Waals surface area contributed by atoms with Gasteiger partial charge < -0.3 is 24.8 Å². The number of halogens is 3. The van der Waals surface area contributed by atoms with Crippen LogP contribution < -0.4 is 15.4 Å². The zero-order valence-corrected chi connectivity index (χ0v) is 20.1. The minimum Gasteiger partial charge on any atom is -0.490 e. The van der Waals surface area contributed by atoms with Gasteiger partial charge in [0.15, 0.2) is 5.96 Å². The zero-order valence-electron chi connectivity index (χ0n) is 16.2. The van der Waals surface area contributed by atoms with Crippen LogP contribution in [0.2, 0.25) is 10.0 Å². The number of aliphatic imine (C=N–C) groups is 1. The molecule has 1 aromatic carbocycles. The molecule has 0 radical (unpaired) electrons. The maximum absolute atomic E-state index is 6.09. The fourth-order valence-electron chi connectivity index (χ4n) is 2.69. The zero-order chi connectivity index (χ0) is 19.3. The van der Waals surface area contributed by atoms with E-state index < -0.39 is 0 Å². The fourth-order valence-corrected chi connectivity index (χ4v) is 3.04. The molecular formula is C19H30Cl2IN3O3. The number of nitrogens with zero attached hydrogens (tertiary/aromatic N) is 1. The van der Waals surface area contributed by atoms with Gasteiger partial charge in [-0.3, -0.25) is 4.99 Å². The summed E-state index contributed by atoms with van der Waals surface area (Å²) in [7, 11) is 1.74. The van der Waals surface area contributed by atoms with E-state index in [0.717, 1.165) is 58.2 Å². The molecule has 0 amide bonds. The summed E-state index contributed by atoms with van der Waals surface area (Å²) < 4.78 is 16.7. The number of ether oxygens (including phenoxy) is 3. The molecule has 0 bridgehead atoms. The molecule has 1 aliphatic heterocycles. The van der Waals surface area contributed by atoms with Crippen LogP contribution in [0, 0.1) is 5.92 Å². The van der Waals surface area contributed by atoms with E-state index in [1.807, 2.05) is 6.07 Å². The summed E-state index contributed by atoms with van der Waals surface area (Å²) >= 11 is 12.1. The van der Waals surface area contributed by atoms with Gasteiger partial charge in [0.1, 0.15) is 17.4 Å². The predicted octanol–water partition coefficient (Wildman–Crippen LogP) is 3.99. The van der Waals surface area contributed by atoms with Crippen molar-refractivity contribution in [1.29, 1.82) is 0 Å². The lowest BCUT2D eigenvalue weighted by atomic mass is 10.0. The molecule has 160 valence electrons. The first-order chi connectivity index (χ1) is 13.2. The Hall–Kier alpha value is -0.480. The van der Waals surface area contributed by atoms with Crippen LogP contribution >= 0.6 is 47.2 Å². The van der Waals surface area contributed by atoms with Crippen LogP contribution in [0.1, 0.15) is 19.3 Å². The smallest absolute Gasteiger partial charge is 0.191 e. The third-order valence-corrected chi connectivity index (χ3v) is 5.05. The van der Waals surface area contributed by atoms with E-state index in [1.165, 1.54) is 0 Å². The second-order valence-electron chi connectivity index (χ2n) is 6.31. The van der Waals surface area contributed by atoms with Crippen molar-refractivity contribution in [3.8, 4) is 5.75 Å². The van der Waals surface area contributed by atoms with Gasteiger partial charge in [0.2, 0.25) is 0 Å². The topological polar surface area (TPSA) is 64.1 Å². The highest BCUT2D eigenvalue weighted by molar-refractivity contribution is 14.0. The van der Waals surface area contributed by atoms with Crippen LogP contribution in [-0.4, -0.2) is 59.1 Å². The average molecular weight is 546 g/mol. The lowest BCUT2D eigenvalue weighted by Crippen LogP contribution is -2.40. The number of nitrogens with one attached hydrogen (secondary N) is 2. The second-order valence-corrected chi connectivity index (χ2v) is 7.10. The molecule has 1 fully saturated rings. The van der Waals surface area contributed by atoms with Gasteiger partial charge in [-0.15, -0.1) is 24.0 Å². The first-order valence-electron chi connectivity index (χ1n) is 9.37. The lowest BCUT2D eigenvalue weighted by molar-refractivity contribution is 0.0203. The van der Waals surface area contributed by atoms with Gasteiger partial charge in [-0.25, -0.2) is 0 Å². The molecular weight excluding hydrogens is 516 g/mol. The molecule has 1 aromatic rings. The third kappa shape index (κ3) is 9.82. The maximum atomic E-state index is 6.09. The fraction of sp³-hybridized carbons (Fsp3) is 0.632. The molecule has 6 nitrogen and oxygen atoms in total. The van der Waals surface area contributed by atoms with Gasteiger partial charge in [-0.05, 0) is 37.3 Å². The van der Waals surface area contributed by atoms with Crippen molar-refractivity contribution >= 4 is 53.1 Å². The molecule has 2 rings (SSSR count). The first-order valence-corrected chi connectivity index (χ1v) is 10.1. The van der Waals surface area contributed by atoms with Gasteiger partial charge in [0.05, 0.1) is 11.6 Å². The quantitative estimate of drug-likeness (QED) is 0.201. The largest absolute Gasteiger partial charge is 0.490 e. The molecule has 0 unspecified atom stereocenters. The van der Waals surface area contributed by atoms with Crippen molar-refractivity contribution in [1.82, 2.24) is 10.6 Å². The summed E-state index contributed by atoms with van der Waals surface area (Å²) in [6.07, 6.45) is 3.15.